The van der Waals surface area contributed by atoms with E-state index in [1.54, 1.807) is 0 Å². The molecule has 0 radical (unpaired) electrons. The second-order valence-electron chi connectivity index (χ2n) is 18.9. The van der Waals surface area contributed by atoms with E-state index in [0.717, 1.165) is 83.5 Å². The van der Waals surface area contributed by atoms with E-state index >= 15 is 0 Å². The van der Waals surface area contributed by atoms with Crippen molar-refractivity contribution >= 4 is 17.9 Å². The van der Waals surface area contributed by atoms with E-state index in [-0.39, 0.29) is 31.1 Å². The van der Waals surface area contributed by atoms with Crippen LogP contribution in [-0.2, 0) is 28.6 Å². The van der Waals surface area contributed by atoms with Gasteiger partial charge in [0.2, 0.25) is 0 Å². The SMILES string of the molecule is CCCCC/C=C\C/C=C\C/C=C\C/C=C\CCCCCC(=O)OC[C@@H](COC(=O)CCCCCCCCCCCCC)OC(=O)CCCCCCCCCCCCCCCCCCC. The molecule has 0 aliphatic carbocycles. The van der Waals surface area contributed by atoms with Gasteiger partial charge in [0.05, 0.1) is 0 Å². The van der Waals surface area contributed by atoms with Gasteiger partial charge in [0, 0.05) is 19.3 Å². The van der Waals surface area contributed by atoms with Crippen molar-refractivity contribution in [3.05, 3.63) is 48.6 Å². The summed E-state index contributed by atoms with van der Waals surface area (Å²) in [5.74, 6) is -0.898. The Bertz CT molecular complexity index is 1140. The predicted molar refractivity (Wildman–Crippen MR) is 279 cm³/mol. The summed E-state index contributed by atoms with van der Waals surface area (Å²) in [5, 5.41) is 0. The summed E-state index contributed by atoms with van der Waals surface area (Å²) in [7, 11) is 0. The Morgan fingerprint density at radius 1 is 0.308 bits per heavy atom. The molecule has 0 aromatic carbocycles. The molecular weight excluding hydrogens is 805 g/mol. The highest BCUT2D eigenvalue weighted by Crippen LogP contribution is 2.16. The fourth-order valence-corrected chi connectivity index (χ4v) is 8.07. The molecule has 65 heavy (non-hydrogen) atoms. The molecule has 0 bridgehead atoms. The predicted octanol–water partition coefficient (Wildman–Crippen LogP) is 18.7. The van der Waals surface area contributed by atoms with Crippen LogP contribution in [0.25, 0.3) is 0 Å². The lowest BCUT2D eigenvalue weighted by Crippen LogP contribution is -2.30. The quantitative estimate of drug-likeness (QED) is 0.0262. The summed E-state index contributed by atoms with van der Waals surface area (Å²) in [5.41, 5.74) is 0. The van der Waals surface area contributed by atoms with Gasteiger partial charge in [-0.1, -0.05) is 256 Å². The van der Waals surface area contributed by atoms with Crippen LogP contribution in [0.1, 0.15) is 290 Å². The molecule has 0 heterocycles. The first-order valence-corrected chi connectivity index (χ1v) is 28.1. The molecule has 6 nitrogen and oxygen atoms in total. The molecule has 0 fully saturated rings. The standard InChI is InChI=1S/C59H106O6/c1-4-7-10-13-16-19-22-24-26-28-29-31-32-34-37-40-43-46-49-52-58(61)64-55-56(54-63-57(60)51-48-45-42-39-36-21-18-15-12-9-6-3)65-59(62)53-50-47-44-41-38-35-33-30-27-25-23-20-17-14-11-8-5-2/h16,19,24,26,29,31,34,37,56H,4-15,17-18,20-23,25,27-28,30,32-33,35-36,38-55H2,1-3H3/b19-16-,26-24-,31-29-,37-34-/t56-/m1/s1. The van der Waals surface area contributed by atoms with Crippen molar-refractivity contribution in [2.24, 2.45) is 0 Å². The van der Waals surface area contributed by atoms with Crippen LogP contribution in [0.4, 0.5) is 0 Å². The van der Waals surface area contributed by atoms with Crippen molar-refractivity contribution in [2.45, 2.75) is 297 Å². The van der Waals surface area contributed by atoms with Gasteiger partial charge < -0.3 is 14.2 Å². The third kappa shape index (κ3) is 52.2. The highest BCUT2D eigenvalue weighted by Gasteiger charge is 2.19. The van der Waals surface area contributed by atoms with Crippen LogP contribution >= 0.6 is 0 Å². The first-order valence-electron chi connectivity index (χ1n) is 28.1. The van der Waals surface area contributed by atoms with Gasteiger partial charge in [-0.05, 0) is 64.2 Å². The Labute approximate surface area is 403 Å². The lowest BCUT2D eigenvalue weighted by molar-refractivity contribution is -0.167. The largest absolute Gasteiger partial charge is 0.462 e. The van der Waals surface area contributed by atoms with Crippen LogP contribution in [0.5, 0.6) is 0 Å². The van der Waals surface area contributed by atoms with Gasteiger partial charge in [0.1, 0.15) is 13.2 Å². The second-order valence-corrected chi connectivity index (χ2v) is 18.9. The second kappa shape index (κ2) is 54.0. The normalized spacial score (nSPS) is 12.4. The van der Waals surface area contributed by atoms with Crippen molar-refractivity contribution < 1.29 is 28.6 Å². The molecule has 0 aliphatic rings. The molecule has 0 N–H and O–H groups in total. The molecule has 0 unspecified atom stereocenters. The maximum atomic E-state index is 12.8. The molecule has 378 valence electrons. The highest BCUT2D eigenvalue weighted by molar-refractivity contribution is 5.71. The number of unbranched alkanes of at least 4 members (excludes halogenated alkanes) is 32. The highest BCUT2D eigenvalue weighted by atomic mass is 16.6. The number of esters is 3. The van der Waals surface area contributed by atoms with Crippen LogP contribution in [0.2, 0.25) is 0 Å². The summed E-state index contributed by atoms with van der Waals surface area (Å²) in [6.07, 6.45) is 65.3. The number of rotatable bonds is 51. The van der Waals surface area contributed by atoms with Crippen molar-refractivity contribution in [1.82, 2.24) is 0 Å². The van der Waals surface area contributed by atoms with E-state index < -0.39 is 6.10 Å². The average Bonchev–Trinajstić information content (AvgIpc) is 3.30. The summed E-state index contributed by atoms with van der Waals surface area (Å²) in [4.78, 5) is 38.1. The Hall–Kier alpha value is -2.63. The van der Waals surface area contributed by atoms with Crippen molar-refractivity contribution in [3.63, 3.8) is 0 Å². The molecule has 0 aromatic heterocycles. The van der Waals surface area contributed by atoms with Crippen LogP contribution in [0, 0.1) is 0 Å². The van der Waals surface area contributed by atoms with Crippen LogP contribution in [0.3, 0.4) is 0 Å². The lowest BCUT2D eigenvalue weighted by atomic mass is 10.0. The topological polar surface area (TPSA) is 78.9 Å². The Balaban J connectivity index is 4.37. The van der Waals surface area contributed by atoms with Crippen LogP contribution < -0.4 is 0 Å². The van der Waals surface area contributed by atoms with Gasteiger partial charge in [-0.2, -0.15) is 0 Å². The van der Waals surface area contributed by atoms with E-state index in [0.29, 0.717) is 19.3 Å². The zero-order valence-corrected chi connectivity index (χ0v) is 43.3. The lowest BCUT2D eigenvalue weighted by Gasteiger charge is -2.18. The minimum absolute atomic E-state index is 0.0794. The van der Waals surface area contributed by atoms with E-state index in [2.05, 4.69) is 69.4 Å². The molecule has 1 atom stereocenters. The summed E-state index contributed by atoms with van der Waals surface area (Å²) in [6.45, 7) is 6.61. The van der Waals surface area contributed by atoms with E-state index in [9.17, 15) is 14.4 Å². The van der Waals surface area contributed by atoms with E-state index in [1.807, 2.05) is 0 Å². The number of ether oxygens (including phenoxy) is 3. The zero-order chi connectivity index (χ0) is 47.2. The first-order chi connectivity index (χ1) is 32.0. The first kappa shape index (κ1) is 62.4. The van der Waals surface area contributed by atoms with Gasteiger partial charge >= 0.3 is 17.9 Å². The number of carbonyl (C=O) groups is 3. The average molecular weight is 911 g/mol. The fourth-order valence-electron chi connectivity index (χ4n) is 8.07. The van der Waals surface area contributed by atoms with Gasteiger partial charge in [-0.15, -0.1) is 0 Å². The Morgan fingerprint density at radius 3 is 0.892 bits per heavy atom. The van der Waals surface area contributed by atoms with Crippen molar-refractivity contribution in [2.75, 3.05) is 13.2 Å². The number of hydrogen-bond donors (Lipinski definition) is 0. The maximum absolute atomic E-state index is 12.8. The summed E-state index contributed by atoms with van der Waals surface area (Å²) >= 11 is 0. The zero-order valence-electron chi connectivity index (χ0n) is 43.3. The van der Waals surface area contributed by atoms with Crippen molar-refractivity contribution in [3.8, 4) is 0 Å². The Morgan fingerprint density at radius 2 is 0.554 bits per heavy atom. The summed E-state index contributed by atoms with van der Waals surface area (Å²) < 4.78 is 16.8. The molecule has 0 saturated heterocycles. The van der Waals surface area contributed by atoms with Crippen LogP contribution in [-0.4, -0.2) is 37.2 Å². The summed E-state index contributed by atoms with van der Waals surface area (Å²) in [6, 6.07) is 0. The molecule has 0 aromatic rings. The number of allylic oxidation sites excluding steroid dienone is 8. The van der Waals surface area contributed by atoms with Gasteiger partial charge in [0.25, 0.3) is 0 Å². The van der Waals surface area contributed by atoms with E-state index in [4.69, 9.17) is 14.2 Å². The smallest absolute Gasteiger partial charge is 0.306 e. The van der Waals surface area contributed by atoms with Gasteiger partial charge in [-0.3, -0.25) is 14.4 Å². The van der Waals surface area contributed by atoms with Gasteiger partial charge in [-0.25, -0.2) is 0 Å². The maximum Gasteiger partial charge on any atom is 0.306 e. The molecule has 0 rings (SSSR count). The number of carbonyl (C=O) groups excluding carboxylic acids is 3. The molecule has 0 saturated carbocycles. The van der Waals surface area contributed by atoms with Crippen LogP contribution in [0.15, 0.2) is 48.6 Å². The molecule has 6 heteroatoms. The molecule has 0 amide bonds. The van der Waals surface area contributed by atoms with E-state index in [1.165, 1.54) is 167 Å². The third-order valence-electron chi connectivity index (χ3n) is 12.3. The minimum Gasteiger partial charge on any atom is -0.462 e. The molecule has 0 aliphatic heterocycles. The minimum atomic E-state index is -0.781. The molecular formula is C59H106O6. The third-order valence-corrected chi connectivity index (χ3v) is 12.3. The fraction of sp³-hybridized carbons (Fsp3) is 0.814. The Kier molecular flexibility index (Phi) is 51.8. The van der Waals surface area contributed by atoms with Crippen molar-refractivity contribution in [1.29, 1.82) is 0 Å². The number of hydrogen-bond acceptors (Lipinski definition) is 6. The monoisotopic (exact) mass is 911 g/mol. The van der Waals surface area contributed by atoms with Gasteiger partial charge in [0.15, 0.2) is 6.10 Å². The molecule has 0 spiro atoms.